The first-order valence-corrected chi connectivity index (χ1v) is 9.68. The predicted octanol–water partition coefficient (Wildman–Crippen LogP) is 4.12. The van der Waals surface area contributed by atoms with E-state index in [1.807, 2.05) is 24.3 Å². The van der Waals surface area contributed by atoms with E-state index in [0.29, 0.717) is 23.3 Å². The van der Waals surface area contributed by atoms with Crippen LogP contribution in [0.5, 0.6) is 0 Å². The summed E-state index contributed by atoms with van der Waals surface area (Å²) in [6, 6.07) is 14.4. The number of carbonyl (C=O) groups is 1. The summed E-state index contributed by atoms with van der Waals surface area (Å²) in [5.74, 6) is -0.429. The lowest BCUT2D eigenvalue weighted by molar-refractivity contribution is 0.103. The topological polar surface area (TPSA) is 55.5 Å². The number of carbonyl (C=O) groups excluding carboxylic acids is 1. The fraction of sp³-hybridized carbons (Fsp3) is 0.364. The van der Waals surface area contributed by atoms with Crippen molar-refractivity contribution in [2.75, 3.05) is 19.6 Å². The van der Waals surface area contributed by atoms with Gasteiger partial charge in [0.1, 0.15) is 0 Å². The summed E-state index contributed by atoms with van der Waals surface area (Å²) in [5, 5.41) is 0. The zero-order valence-corrected chi connectivity index (χ0v) is 16.6. The Morgan fingerprint density at radius 2 is 1.61 bits per heavy atom. The Labute approximate surface area is 170 Å². The molecule has 1 saturated heterocycles. The van der Waals surface area contributed by atoms with Crippen molar-refractivity contribution in [3.8, 4) is 0 Å². The number of rotatable bonds is 5. The van der Waals surface area contributed by atoms with Crippen LogP contribution >= 0.6 is 12.4 Å². The number of ketones is 1. The van der Waals surface area contributed by atoms with Crippen LogP contribution in [0.1, 0.15) is 41.6 Å². The van der Waals surface area contributed by atoms with Gasteiger partial charge in [0, 0.05) is 24.2 Å². The largest absolute Gasteiger partial charge is 0.419 e. The molecule has 6 heteroatoms. The summed E-state index contributed by atoms with van der Waals surface area (Å²) < 4.78 is 7.10. The maximum Gasteiger partial charge on any atom is 0.419 e. The minimum atomic E-state index is -0.357. The average molecular weight is 401 g/mol. The molecule has 0 amide bonds. The molecule has 0 aliphatic carbocycles. The van der Waals surface area contributed by atoms with Gasteiger partial charge in [-0.1, -0.05) is 43.2 Å². The van der Waals surface area contributed by atoms with Crippen molar-refractivity contribution in [1.29, 1.82) is 0 Å². The van der Waals surface area contributed by atoms with Crippen LogP contribution in [-0.4, -0.2) is 34.9 Å². The SMILES string of the molecule is Cl.O=C(c1ccccc1)c1ccc2c(c1)oc(=O)n2CCN1CCCCCC1. The number of hydrogen-bond donors (Lipinski definition) is 0. The number of fused-ring (bicyclic) bond motifs is 1. The van der Waals surface area contributed by atoms with Gasteiger partial charge in [-0.05, 0) is 44.1 Å². The van der Waals surface area contributed by atoms with Crippen LogP contribution in [-0.2, 0) is 6.54 Å². The van der Waals surface area contributed by atoms with Gasteiger partial charge in [0.05, 0.1) is 5.52 Å². The van der Waals surface area contributed by atoms with E-state index < -0.39 is 0 Å². The molecule has 28 heavy (non-hydrogen) atoms. The van der Waals surface area contributed by atoms with E-state index >= 15 is 0 Å². The second kappa shape index (κ2) is 9.22. The highest BCUT2D eigenvalue weighted by atomic mass is 35.5. The first-order valence-electron chi connectivity index (χ1n) is 9.68. The molecule has 2 heterocycles. The van der Waals surface area contributed by atoms with Gasteiger partial charge in [0.2, 0.25) is 0 Å². The predicted molar refractivity (Wildman–Crippen MR) is 113 cm³/mol. The number of halogens is 1. The fourth-order valence-electron chi connectivity index (χ4n) is 3.78. The summed E-state index contributed by atoms with van der Waals surface area (Å²) in [6.45, 7) is 3.65. The minimum Gasteiger partial charge on any atom is -0.408 e. The summed E-state index contributed by atoms with van der Waals surface area (Å²) in [6.07, 6.45) is 5.05. The Balaban J connectivity index is 0.00000225. The number of hydrogen-bond acceptors (Lipinski definition) is 4. The Hall–Kier alpha value is -2.37. The summed E-state index contributed by atoms with van der Waals surface area (Å²) >= 11 is 0. The van der Waals surface area contributed by atoms with E-state index in [9.17, 15) is 9.59 Å². The van der Waals surface area contributed by atoms with Gasteiger partial charge in [-0.2, -0.15) is 0 Å². The first kappa shape index (κ1) is 20.4. The maximum atomic E-state index is 12.6. The first-order chi connectivity index (χ1) is 13.2. The van der Waals surface area contributed by atoms with Crippen molar-refractivity contribution in [3.05, 3.63) is 70.2 Å². The zero-order valence-electron chi connectivity index (χ0n) is 15.8. The van der Waals surface area contributed by atoms with Crippen molar-refractivity contribution in [3.63, 3.8) is 0 Å². The summed E-state index contributed by atoms with van der Waals surface area (Å²) in [5.41, 5.74) is 2.37. The molecule has 2 aromatic carbocycles. The quantitative estimate of drug-likeness (QED) is 0.604. The molecule has 0 radical (unpaired) electrons. The van der Waals surface area contributed by atoms with Gasteiger partial charge in [0.15, 0.2) is 11.4 Å². The molecule has 1 fully saturated rings. The average Bonchev–Trinajstić information content (AvgIpc) is 2.86. The van der Waals surface area contributed by atoms with E-state index in [1.54, 1.807) is 28.8 Å². The van der Waals surface area contributed by atoms with Gasteiger partial charge in [-0.25, -0.2) is 4.79 Å². The van der Waals surface area contributed by atoms with Gasteiger partial charge < -0.3 is 9.32 Å². The third-order valence-corrected chi connectivity index (χ3v) is 5.30. The zero-order chi connectivity index (χ0) is 18.6. The molecule has 1 aliphatic heterocycles. The summed E-state index contributed by atoms with van der Waals surface area (Å²) in [7, 11) is 0. The number of nitrogens with zero attached hydrogens (tertiary/aromatic N) is 2. The molecule has 3 aromatic rings. The molecular formula is C22H25ClN2O3. The third kappa shape index (κ3) is 4.37. The van der Waals surface area contributed by atoms with Crippen molar-refractivity contribution in [2.24, 2.45) is 0 Å². The highest BCUT2D eigenvalue weighted by Gasteiger charge is 2.15. The molecule has 1 aromatic heterocycles. The number of likely N-dealkylation sites (tertiary alicyclic amines) is 1. The second-order valence-corrected chi connectivity index (χ2v) is 7.15. The van der Waals surface area contributed by atoms with E-state index in [2.05, 4.69) is 4.90 Å². The molecule has 0 N–H and O–H groups in total. The lowest BCUT2D eigenvalue weighted by Gasteiger charge is -2.19. The van der Waals surface area contributed by atoms with Gasteiger partial charge >= 0.3 is 5.76 Å². The van der Waals surface area contributed by atoms with Crippen molar-refractivity contribution in [2.45, 2.75) is 32.2 Å². The van der Waals surface area contributed by atoms with Gasteiger partial charge in [0.25, 0.3) is 0 Å². The van der Waals surface area contributed by atoms with Crippen LogP contribution in [0.15, 0.2) is 57.7 Å². The summed E-state index contributed by atoms with van der Waals surface area (Å²) in [4.78, 5) is 27.4. The Morgan fingerprint density at radius 1 is 0.893 bits per heavy atom. The number of aromatic nitrogens is 1. The highest BCUT2D eigenvalue weighted by molar-refractivity contribution is 6.10. The van der Waals surface area contributed by atoms with E-state index in [-0.39, 0.29) is 23.9 Å². The Morgan fingerprint density at radius 3 is 2.32 bits per heavy atom. The molecule has 0 atom stereocenters. The minimum absolute atomic E-state index is 0. The maximum absolute atomic E-state index is 12.6. The molecule has 0 spiro atoms. The van der Waals surface area contributed by atoms with Crippen molar-refractivity contribution in [1.82, 2.24) is 9.47 Å². The van der Waals surface area contributed by atoms with Crippen LogP contribution < -0.4 is 5.76 Å². The fourth-order valence-corrected chi connectivity index (χ4v) is 3.78. The Bertz CT molecular complexity index is 986. The van der Waals surface area contributed by atoms with Crippen LogP contribution in [0.25, 0.3) is 11.1 Å². The molecule has 148 valence electrons. The monoisotopic (exact) mass is 400 g/mol. The molecule has 0 saturated carbocycles. The van der Waals surface area contributed by atoms with Crippen LogP contribution in [0, 0.1) is 0 Å². The third-order valence-electron chi connectivity index (χ3n) is 5.30. The lowest BCUT2D eigenvalue weighted by atomic mass is 10.0. The van der Waals surface area contributed by atoms with Gasteiger partial charge in [-0.3, -0.25) is 9.36 Å². The molecular weight excluding hydrogens is 376 g/mol. The standard InChI is InChI=1S/C22H24N2O3.ClH/c25-21(17-8-4-3-5-9-17)18-10-11-19-20(16-18)27-22(26)24(19)15-14-23-12-6-1-2-7-13-23;/h3-5,8-11,16H,1-2,6-7,12-15H2;1H. The smallest absolute Gasteiger partial charge is 0.408 e. The van der Waals surface area contributed by atoms with Crippen LogP contribution in [0.3, 0.4) is 0 Å². The van der Waals surface area contributed by atoms with Gasteiger partial charge in [-0.15, -0.1) is 12.4 Å². The second-order valence-electron chi connectivity index (χ2n) is 7.15. The Kier molecular flexibility index (Phi) is 6.70. The molecule has 5 nitrogen and oxygen atoms in total. The van der Waals surface area contributed by atoms with E-state index in [0.717, 1.165) is 25.2 Å². The van der Waals surface area contributed by atoms with E-state index in [1.165, 1.54) is 25.7 Å². The van der Waals surface area contributed by atoms with E-state index in [4.69, 9.17) is 4.42 Å². The van der Waals surface area contributed by atoms with Crippen LogP contribution in [0.4, 0.5) is 0 Å². The normalized spacial score (nSPS) is 15.1. The molecule has 1 aliphatic rings. The van der Waals surface area contributed by atoms with Crippen LogP contribution in [0.2, 0.25) is 0 Å². The molecule has 4 rings (SSSR count). The number of benzene rings is 2. The van der Waals surface area contributed by atoms with Crippen molar-refractivity contribution >= 4 is 29.3 Å². The number of oxazole rings is 1. The molecule has 0 unspecified atom stereocenters. The molecule has 0 bridgehead atoms. The lowest BCUT2D eigenvalue weighted by Crippen LogP contribution is -2.30. The highest BCUT2D eigenvalue weighted by Crippen LogP contribution is 2.18. The van der Waals surface area contributed by atoms with Crippen molar-refractivity contribution < 1.29 is 9.21 Å².